The molecule has 1 fully saturated rings. The molecule has 1 saturated carbocycles. The highest BCUT2D eigenvalue weighted by atomic mass is 19.3. The quantitative estimate of drug-likeness (QED) is 0.815. The number of pyridine rings is 1. The maximum absolute atomic E-state index is 13.0. The molecule has 1 aromatic heterocycles. The summed E-state index contributed by atoms with van der Waals surface area (Å²) in [7, 11) is 0. The van der Waals surface area contributed by atoms with Crippen molar-refractivity contribution in [3.8, 4) is 5.88 Å². The van der Waals surface area contributed by atoms with E-state index in [0.29, 0.717) is 25.3 Å². The Morgan fingerprint density at radius 1 is 1.39 bits per heavy atom. The highest BCUT2D eigenvalue weighted by Crippen LogP contribution is 2.36. The van der Waals surface area contributed by atoms with Gasteiger partial charge in [-0.15, -0.1) is 0 Å². The van der Waals surface area contributed by atoms with Gasteiger partial charge in [0.25, 0.3) is 0 Å². The minimum Gasteiger partial charge on any atom is -0.477 e. The van der Waals surface area contributed by atoms with Gasteiger partial charge in [0.15, 0.2) is 0 Å². The van der Waals surface area contributed by atoms with Crippen molar-refractivity contribution in [1.82, 2.24) is 4.98 Å². The van der Waals surface area contributed by atoms with Crippen LogP contribution in [0.4, 0.5) is 8.78 Å². The van der Waals surface area contributed by atoms with Crippen molar-refractivity contribution < 1.29 is 13.5 Å². The molecule has 0 N–H and O–H groups in total. The Morgan fingerprint density at radius 3 is 2.78 bits per heavy atom. The van der Waals surface area contributed by atoms with Crippen molar-refractivity contribution in [3.63, 3.8) is 0 Å². The fourth-order valence-electron chi connectivity index (χ4n) is 2.29. The predicted molar refractivity (Wildman–Crippen MR) is 66.0 cm³/mol. The summed E-state index contributed by atoms with van der Waals surface area (Å²) in [6, 6.07) is 3.87. The van der Waals surface area contributed by atoms with Crippen LogP contribution in [0.1, 0.15) is 38.2 Å². The molecule has 4 heteroatoms. The molecule has 1 aromatic rings. The van der Waals surface area contributed by atoms with Gasteiger partial charge in [0.05, 0.1) is 6.61 Å². The van der Waals surface area contributed by atoms with E-state index >= 15 is 0 Å². The Hall–Kier alpha value is -1.19. The first kappa shape index (κ1) is 13.2. The second kappa shape index (κ2) is 5.63. The van der Waals surface area contributed by atoms with Gasteiger partial charge in [-0.1, -0.05) is 13.0 Å². The number of aryl methyl sites for hydroxylation is 1. The zero-order valence-corrected chi connectivity index (χ0v) is 10.7. The van der Waals surface area contributed by atoms with E-state index in [4.69, 9.17) is 4.74 Å². The number of ether oxygens (including phenoxy) is 1. The van der Waals surface area contributed by atoms with Crippen LogP contribution in [0.15, 0.2) is 18.3 Å². The van der Waals surface area contributed by atoms with E-state index in [9.17, 15) is 8.78 Å². The molecule has 18 heavy (non-hydrogen) atoms. The van der Waals surface area contributed by atoms with E-state index in [1.807, 2.05) is 19.1 Å². The molecule has 1 aliphatic carbocycles. The zero-order valence-electron chi connectivity index (χ0n) is 10.7. The third-order valence-corrected chi connectivity index (χ3v) is 3.52. The van der Waals surface area contributed by atoms with E-state index in [0.717, 1.165) is 12.0 Å². The maximum atomic E-state index is 13.0. The number of aromatic nitrogens is 1. The van der Waals surface area contributed by atoms with E-state index in [1.54, 1.807) is 6.20 Å². The summed E-state index contributed by atoms with van der Waals surface area (Å²) in [5.74, 6) is -1.58. The third kappa shape index (κ3) is 3.40. The van der Waals surface area contributed by atoms with E-state index in [-0.39, 0.29) is 18.8 Å². The van der Waals surface area contributed by atoms with Crippen molar-refractivity contribution in [1.29, 1.82) is 0 Å². The smallest absolute Gasteiger partial charge is 0.248 e. The van der Waals surface area contributed by atoms with Gasteiger partial charge in [-0.05, 0) is 31.2 Å². The van der Waals surface area contributed by atoms with Crippen LogP contribution in [0.3, 0.4) is 0 Å². The number of alkyl halides is 2. The molecule has 0 spiro atoms. The second-order valence-corrected chi connectivity index (χ2v) is 4.93. The topological polar surface area (TPSA) is 22.1 Å². The summed E-state index contributed by atoms with van der Waals surface area (Å²) >= 11 is 0. The summed E-state index contributed by atoms with van der Waals surface area (Å²) in [4.78, 5) is 4.19. The lowest BCUT2D eigenvalue weighted by Crippen LogP contribution is -2.27. The standard InChI is InChI=1S/C14H19F2NO/c1-2-12-4-3-9-17-13(12)18-10-11-5-7-14(15,16)8-6-11/h3-4,9,11H,2,5-8,10H2,1H3. The number of hydrogen-bond donors (Lipinski definition) is 0. The van der Waals surface area contributed by atoms with Gasteiger partial charge in [0.2, 0.25) is 11.8 Å². The monoisotopic (exact) mass is 255 g/mol. The third-order valence-electron chi connectivity index (χ3n) is 3.52. The molecular weight excluding hydrogens is 236 g/mol. The molecule has 2 nitrogen and oxygen atoms in total. The highest BCUT2D eigenvalue weighted by molar-refractivity contribution is 5.25. The van der Waals surface area contributed by atoms with Crippen LogP contribution in [0, 0.1) is 5.92 Å². The first-order valence-corrected chi connectivity index (χ1v) is 6.55. The molecule has 0 unspecified atom stereocenters. The van der Waals surface area contributed by atoms with Crippen LogP contribution < -0.4 is 4.74 Å². The lowest BCUT2D eigenvalue weighted by atomic mass is 9.87. The van der Waals surface area contributed by atoms with E-state index in [1.165, 1.54) is 0 Å². The van der Waals surface area contributed by atoms with Crippen LogP contribution in [0.2, 0.25) is 0 Å². The molecular formula is C14H19F2NO. The van der Waals surface area contributed by atoms with E-state index < -0.39 is 5.92 Å². The van der Waals surface area contributed by atoms with E-state index in [2.05, 4.69) is 4.98 Å². The Kier molecular flexibility index (Phi) is 4.15. The molecule has 1 aliphatic rings. The molecule has 2 rings (SSSR count). The maximum Gasteiger partial charge on any atom is 0.248 e. The van der Waals surface area contributed by atoms with Gasteiger partial charge in [-0.3, -0.25) is 0 Å². The first-order chi connectivity index (χ1) is 8.61. The van der Waals surface area contributed by atoms with Crippen molar-refractivity contribution >= 4 is 0 Å². The molecule has 100 valence electrons. The highest BCUT2D eigenvalue weighted by Gasteiger charge is 2.35. The Morgan fingerprint density at radius 2 is 2.11 bits per heavy atom. The van der Waals surface area contributed by atoms with Crippen LogP contribution in [0.5, 0.6) is 5.88 Å². The summed E-state index contributed by atoms with van der Waals surface area (Å²) < 4.78 is 31.7. The van der Waals surface area contributed by atoms with Crippen molar-refractivity contribution in [2.75, 3.05) is 6.61 Å². The molecule has 0 atom stereocenters. The summed E-state index contributed by atoms with van der Waals surface area (Å²) in [6.07, 6.45) is 3.63. The molecule has 1 heterocycles. The molecule has 0 aromatic carbocycles. The Labute approximate surface area is 106 Å². The number of hydrogen-bond acceptors (Lipinski definition) is 2. The SMILES string of the molecule is CCc1cccnc1OCC1CCC(F)(F)CC1. The summed E-state index contributed by atoms with van der Waals surface area (Å²) in [5, 5.41) is 0. The van der Waals surface area contributed by atoms with Gasteiger partial charge in [0.1, 0.15) is 0 Å². The first-order valence-electron chi connectivity index (χ1n) is 6.55. The number of nitrogens with zero attached hydrogens (tertiary/aromatic N) is 1. The van der Waals surface area contributed by atoms with Crippen LogP contribution in [0.25, 0.3) is 0 Å². The van der Waals surface area contributed by atoms with Gasteiger partial charge >= 0.3 is 0 Å². The average Bonchev–Trinajstić information content (AvgIpc) is 2.38. The van der Waals surface area contributed by atoms with Gasteiger partial charge in [-0.2, -0.15) is 0 Å². The Bertz CT molecular complexity index is 385. The summed E-state index contributed by atoms with van der Waals surface area (Å²) in [5.41, 5.74) is 1.07. The van der Waals surface area contributed by atoms with Crippen molar-refractivity contribution in [2.24, 2.45) is 5.92 Å². The lowest BCUT2D eigenvalue weighted by Gasteiger charge is -2.28. The van der Waals surface area contributed by atoms with Crippen LogP contribution >= 0.6 is 0 Å². The predicted octanol–water partition coefficient (Wildman–Crippen LogP) is 3.85. The fourth-order valence-corrected chi connectivity index (χ4v) is 2.29. The molecule has 0 aliphatic heterocycles. The molecule has 0 bridgehead atoms. The minimum atomic E-state index is -2.46. The van der Waals surface area contributed by atoms with Crippen molar-refractivity contribution in [2.45, 2.75) is 45.0 Å². The summed E-state index contributed by atoms with van der Waals surface area (Å²) in [6.45, 7) is 2.55. The van der Waals surface area contributed by atoms with Crippen LogP contribution in [-0.4, -0.2) is 17.5 Å². The fraction of sp³-hybridized carbons (Fsp3) is 0.643. The second-order valence-electron chi connectivity index (χ2n) is 4.93. The average molecular weight is 255 g/mol. The van der Waals surface area contributed by atoms with Gasteiger partial charge < -0.3 is 4.74 Å². The van der Waals surface area contributed by atoms with Crippen molar-refractivity contribution in [3.05, 3.63) is 23.9 Å². The zero-order chi connectivity index (χ0) is 13.0. The lowest BCUT2D eigenvalue weighted by molar-refractivity contribution is -0.0500. The molecule has 0 radical (unpaired) electrons. The van der Waals surface area contributed by atoms with Crippen LogP contribution in [-0.2, 0) is 6.42 Å². The van der Waals surface area contributed by atoms with Gasteiger partial charge in [-0.25, -0.2) is 13.8 Å². The van der Waals surface area contributed by atoms with Gasteiger partial charge in [0, 0.05) is 24.6 Å². The molecule has 0 amide bonds. The number of halogens is 2. The number of rotatable bonds is 4. The molecule has 0 saturated heterocycles. The Balaban J connectivity index is 1.85. The minimum absolute atomic E-state index is 0.0100. The normalized spacial score (nSPS) is 19.7. The largest absolute Gasteiger partial charge is 0.477 e.